The molecule has 7 nitrogen and oxygen atoms in total. The van der Waals surface area contributed by atoms with E-state index in [2.05, 4.69) is 47.7 Å². The number of hydrogen-bond acceptors (Lipinski definition) is 6. The molecule has 0 spiro atoms. The fraction of sp³-hybridized carbons (Fsp3) is 0.429. The third-order valence-electron chi connectivity index (χ3n) is 5.12. The van der Waals surface area contributed by atoms with E-state index in [1.807, 2.05) is 22.8 Å². The first-order valence-corrected chi connectivity index (χ1v) is 9.67. The standard InChI is InChI=1S/C21H25N7/c1-21(2,3)18-15-28-19(24-18)7-8-20(25-28)27-10-4-9-26(11-12-27)17-6-5-16(13-22)23-14-17/h5-8,14-15H,4,9-12H2,1-3H3. The molecule has 0 atom stereocenters. The van der Waals surface area contributed by atoms with Crippen molar-refractivity contribution in [1.29, 1.82) is 5.26 Å². The molecule has 0 aliphatic carbocycles. The van der Waals surface area contributed by atoms with Crippen LogP contribution in [0.4, 0.5) is 11.5 Å². The van der Waals surface area contributed by atoms with E-state index in [-0.39, 0.29) is 5.41 Å². The van der Waals surface area contributed by atoms with Gasteiger partial charge in [-0.2, -0.15) is 5.26 Å². The number of fused-ring (bicyclic) bond motifs is 1. The van der Waals surface area contributed by atoms with Crippen molar-refractivity contribution >= 4 is 17.2 Å². The molecule has 7 heteroatoms. The van der Waals surface area contributed by atoms with Gasteiger partial charge in [-0.15, -0.1) is 5.10 Å². The van der Waals surface area contributed by atoms with Gasteiger partial charge in [0.2, 0.25) is 0 Å². The predicted octanol–water partition coefficient (Wildman–Crippen LogP) is 3.01. The molecule has 3 aromatic rings. The lowest BCUT2D eigenvalue weighted by atomic mass is 9.93. The van der Waals surface area contributed by atoms with Crippen molar-refractivity contribution in [2.45, 2.75) is 32.6 Å². The summed E-state index contributed by atoms with van der Waals surface area (Å²) in [5, 5.41) is 13.7. The second-order valence-electron chi connectivity index (χ2n) is 8.21. The maximum Gasteiger partial charge on any atom is 0.153 e. The van der Waals surface area contributed by atoms with Crippen LogP contribution in [0.5, 0.6) is 0 Å². The highest BCUT2D eigenvalue weighted by Gasteiger charge is 2.20. The predicted molar refractivity (Wildman–Crippen MR) is 110 cm³/mol. The highest BCUT2D eigenvalue weighted by Crippen LogP contribution is 2.23. The van der Waals surface area contributed by atoms with Crippen molar-refractivity contribution in [1.82, 2.24) is 19.6 Å². The van der Waals surface area contributed by atoms with Crippen molar-refractivity contribution < 1.29 is 0 Å². The molecule has 0 bridgehead atoms. The molecular formula is C21H25N7. The third-order valence-corrected chi connectivity index (χ3v) is 5.12. The molecule has 4 rings (SSSR count). The summed E-state index contributed by atoms with van der Waals surface area (Å²) in [6, 6.07) is 9.93. The lowest BCUT2D eigenvalue weighted by Gasteiger charge is -2.23. The Morgan fingerprint density at radius 2 is 1.79 bits per heavy atom. The van der Waals surface area contributed by atoms with Gasteiger partial charge in [0.05, 0.1) is 23.8 Å². The molecular weight excluding hydrogens is 350 g/mol. The molecule has 0 N–H and O–H groups in total. The van der Waals surface area contributed by atoms with Crippen LogP contribution >= 0.6 is 0 Å². The number of anilines is 2. The van der Waals surface area contributed by atoms with E-state index >= 15 is 0 Å². The average Bonchev–Trinajstić information content (AvgIpc) is 2.98. The molecule has 1 aliphatic rings. The summed E-state index contributed by atoms with van der Waals surface area (Å²) in [6.45, 7) is 10.2. The zero-order valence-corrected chi connectivity index (χ0v) is 16.6. The van der Waals surface area contributed by atoms with Gasteiger partial charge in [0.15, 0.2) is 5.65 Å². The summed E-state index contributed by atoms with van der Waals surface area (Å²) in [5.41, 5.74) is 3.45. The lowest BCUT2D eigenvalue weighted by Crippen LogP contribution is -2.31. The van der Waals surface area contributed by atoms with Crippen LogP contribution in [-0.4, -0.2) is 45.8 Å². The van der Waals surface area contributed by atoms with Crippen LogP contribution < -0.4 is 9.80 Å². The topological polar surface area (TPSA) is 73.3 Å². The SMILES string of the molecule is CC(C)(C)c1cn2nc(N3CCCN(c4ccc(C#N)nc4)CC3)ccc2n1. The van der Waals surface area contributed by atoms with Gasteiger partial charge in [0.25, 0.3) is 0 Å². The summed E-state index contributed by atoms with van der Waals surface area (Å²) < 4.78 is 1.89. The van der Waals surface area contributed by atoms with Gasteiger partial charge in [-0.25, -0.2) is 14.5 Å². The highest BCUT2D eigenvalue weighted by molar-refractivity contribution is 5.50. The van der Waals surface area contributed by atoms with Crippen molar-refractivity contribution in [3.63, 3.8) is 0 Å². The minimum atomic E-state index is 0.00605. The van der Waals surface area contributed by atoms with Crippen LogP contribution in [0.3, 0.4) is 0 Å². The Kier molecular flexibility index (Phi) is 4.63. The van der Waals surface area contributed by atoms with Crippen LogP contribution in [0.15, 0.2) is 36.7 Å². The second-order valence-corrected chi connectivity index (χ2v) is 8.21. The van der Waals surface area contributed by atoms with Gasteiger partial charge in [-0.1, -0.05) is 20.8 Å². The smallest absolute Gasteiger partial charge is 0.153 e. The maximum absolute atomic E-state index is 8.92. The zero-order chi connectivity index (χ0) is 19.7. The Bertz CT molecular complexity index is 1010. The highest BCUT2D eigenvalue weighted by atomic mass is 15.3. The Labute approximate surface area is 165 Å². The van der Waals surface area contributed by atoms with E-state index in [9.17, 15) is 0 Å². The first kappa shape index (κ1) is 18.2. The third kappa shape index (κ3) is 3.63. The fourth-order valence-electron chi connectivity index (χ4n) is 3.45. The molecule has 1 aliphatic heterocycles. The van der Waals surface area contributed by atoms with Gasteiger partial charge in [-0.3, -0.25) is 0 Å². The normalized spacial score (nSPS) is 15.5. The first-order chi connectivity index (χ1) is 13.4. The fourth-order valence-corrected chi connectivity index (χ4v) is 3.45. The number of hydrogen-bond donors (Lipinski definition) is 0. The van der Waals surface area contributed by atoms with E-state index in [0.29, 0.717) is 5.69 Å². The van der Waals surface area contributed by atoms with Gasteiger partial charge in [-0.05, 0) is 30.7 Å². The first-order valence-electron chi connectivity index (χ1n) is 9.67. The van der Waals surface area contributed by atoms with Crippen molar-refractivity contribution in [2.24, 2.45) is 0 Å². The zero-order valence-electron chi connectivity index (χ0n) is 16.6. The second kappa shape index (κ2) is 7.12. The van der Waals surface area contributed by atoms with Gasteiger partial charge in [0, 0.05) is 31.6 Å². The van der Waals surface area contributed by atoms with Gasteiger partial charge < -0.3 is 9.80 Å². The lowest BCUT2D eigenvalue weighted by molar-refractivity contribution is 0.572. The summed E-state index contributed by atoms with van der Waals surface area (Å²) in [7, 11) is 0. The summed E-state index contributed by atoms with van der Waals surface area (Å²) in [4.78, 5) is 13.5. The molecule has 28 heavy (non-hydrogen) atoms. The summed E-state index contributed by atoms with van der Waals surface area (Å²) in [6.07, 6.45) is 4.86. The van der Waals surface area contributed by atoms with E-state index < -0.39 is 0 Å². The molecule has 0 aromatic carbocycles. The Balaban J connectivity index is 1.51. The molecule has 4 heterocycles. The van der Waals surface area contributed by atoms with Crippen LogP contribution in [0.2, 0.25) is 0 Å². The van der Waals surface area contributed by atoms with Crippen LogP contribution in [0.25, 0.3) is 5.65 Å². The Morgan fingerprint density at radius 1 is 1.00 bits per heavy atom. The molecule has 3 aromatic heterocycles. The van der Waals surface area contributed by atoms with E-state index in [1.165, 1.54) is 0 Å². The number of rotatable bonds is 2. The maximum atomic E-state index is 8.92. The van der Waals surface area contributed by atoms with Crippen LogP contribution in [0.1, 0.15) is 38.6 Å². The minimum absolute atomic E-state index is 0.00605. The van der Waals surface area contributed by atoms with Gasteiger partial charge in [0.1, 0.15) is 17.6 Å². The van der Waals surface area contributed by atoms with Crippen molar-refractivity contribution in [3.8, 4) is 6.07 Å². The van der Waals surface area contributed by atoms with Gasteiger partial charge >= 0.3 is 0 Å². The summed E-state index contributed by atoms with van der Waals surface area (Å²) in [5.74, 6) is 0.977. The number of aromatic nitrogens is 4. The number of nitrogens with zero attached hydrogens (tertiary/aromatic N) is 7. The van der Waals surface area contributed by atoms with Crippen LogP contribution in [-0.2, 0) is 5.41 Å². The van der Waals surface area contributed by atoms with Crippen molar-refractivity contribution in [3.05, 3.63) is 48.0 Å². The monoisotopic (exact) mass is 375 g/mol. The molecule has 0 unspecified atom stereocenters. The van der Waals surface area contributed by atoms with E-state index in [1.54, 1.807) is 12.3 Å². The average molecular weight is 375 g/mol. The number of imidazole rings is 1. The van der Waals surface area contributed by atoms with Crippen LogP contribution in [0, 0.1) is 11.3 Å². The quantitative estimate of drug-likeness (QED) is 0.685. The molecule has 144 valence electrons. The minimum Gasteiger partial charge on any atom is -0.368 e. The molecule has 0 saturated carbocycles. The molecule has 0 radical (unpaired) electrons. The largest absolute Gasteiger partial charge is 0.368 e. The number of nitriles is 1. The molecule has 1 fully saturated rings. The molecule has 0 amide bonds. The molecule has 1 saturated heterocycles. The van der Waals surface area contributed by atoms with E-state index in [4.69, 9.17) is 15.3 Å². The summed E-state index contributed by atoms with van der Waals surface area (Å²) >= 11 is 0. The van der Waals surface area contributed by atoms with Crippen molar-refractivity contribution in [2.75, 3.05) is 36.0 Å². The Hall–Kier alpha value is -3.14. The number of pyridine rings is 1. The Morgan fingerprint density at radius 3 is 2.50 bits per heavy atom. The van der Waals surface area contributed by atoms with E-state index in [0.717, 1.165) is 55.4 Å².